The van der Waals surface area contributed by atoms with Crippen molar-refractivity contribution in [2.24, 2.45) is 5.92 Å². The SMILES string of the molecule is CCOC(=O)COc1ccc(CN(CCC2CC2)c2cccc(-c3ccc(C(F)(F)F)cc3)c2)cc1C. The van der Waals surface area contributed by atoms with Crippen molar-refractivity contribution in [3.8, 4) is 16.9 Å². The second-order valence-corrected chi connectivity index (χ2v) is 9.47. The van der Waals surface area contributed by atoms with Crippen LogP contribution in [0.5, 0.6) is 5.75 Å². The molecule has 196 valence electrons. The first-order valence-electron chi connectivity index (χ1n) is 12.6. The van der Waals surface area contributed by atoms with Crippen LogP contribution in [0, 0.1) is 12.8 Å². The third-order valence-electron chi connectivity index (χ3n) is 6.52. The van der Waals surface area contributed by atoms with E-state index in [-0.39, 0.29) is 6.61 Å². The van der Waals surface area contributed by atoms with Gasteiger partial charge in [-0.3, -0.25) is 0 Å². The summed E-state index contributed by atoms with van der Waals surface area (Å²) < 4.78 is 49.5. The number of esters is 1. The quantitative estimate of drug-likeness (QED) is 0.251. The second kappa shape index (κ2) is 11.7. The molecule has 4 rings (SSSR count). The Hall–Kier alpha value is -3.48. The first kappa shape index (κ1) is 26.6. The number of hydrogen-bond donors (Lipinski definition) is 0. The number of carbonyl (C=O) groups excluding carboxylic acids is 1. The Bertz CT molecular complexity index is 1200. The fraction of sp³-hybridized carbons (Fsp3) is 0.367. The Balaban J connectivity index is 1.51. The molecular formula is C30H32F3NO3. The number of aryl methyl sites for hydroxylation is 1. The number of ether oxygens (including phenoxy) is 2. The molecule has 0 radical (unpaired) electrons. The van der Waals surface area contributed by atoms with Crippen LogP contribution in [0.2, 0.25) is 0 Å². The highest BCUT2D eigenvalue weighted by Crippen LogP contribution is 2.35. The standard InChI is InChI=1S/C30H32F3NO3/c1-3-36-29(35)20-37-28-14-9-23(17-21(28)2)19-34(16-15-22-7-8-22)27-6-4-5-25(18-27)24-10-12-26(13-11-24)30(31,32)33/h4-6,9-14,17-18,22H,3,7-8,15-16,19-20H2,1-2H3. The molecule has 7 heteroatoms. The van der Waals surface area contributed by atoms with Gasteiger partial charge in [0.25, 0.3) is 0 Å². The Morgan fingerprint density at radius 1 is 1.00 bits per heavy atom. The molecule has 0 spiro atoms. The summed E-state index contributed by atoms with van der Waals surface area (Å²) in [6, 6.07) is 19.2. The van der Waals surface area contributed by atoms with Crippen molar-refractivity contribution in [1.29, 1.82) is 0 Å². The molecular weight excluding hydrogens is 479 g/mol. The van der Waals surface area contributed by atoms with Crippen molar-refractivity contribution >= 4 is 11.7 Å². The minimum absolute atomic E-state index is 0.127. The topological polar surface area (TPSA) is 38.8 Å². The maximum atomic E-state index is 13.0. The third-order valence-corrected chi connectivity index (χ3v) is 6.52. The molecule has 37 heavy (non-hydrogen) atoms. The van der Waals surface area contributed by atoms with Crippen molar-refractivity contribution < 1.29 is 27.4 Å². The van der Waals surface area contributed by atoms with Crippen LogP contribution in [0.25, 0.3) is 11.1 Å². The fourth-order valence-electron chi connectivity index (χ4n) is 4.31. The Labute approximate surface area is 216 Å². The van der Waals surface area contributed by atoms with Crippen LogP contribution in [0.1, 0.15) is 42.9 Å². The average molecular weight is 512 g/mol. The minimum atomic E-state index is -4.35. The van der Waals surface area contributed by atoms with Crippen molar-refractivity contribution in [3.05, 3.63) is 83.4 Å². The molecule has 3 aromatic carbocycles. The lowest BCUT2D eigenvalue weighted by Gasteiger charge is -2.26. The van der Waals surface area contributed by atoms with E-state index in [4.69, 9.17) is 9.47 Å². The third kappa shape index (κ3) is 7.51. The average Bonchev–Trinajstić information content (AvgIpc) is 3.70. The fourth-order valence-corrected chi connectivity index (χ4v) is 4.31. The first-order valence-corrected chi connectivity index (χ1v) is 12.6. The van der Waals surface area contributed by atoms with Crippen molar-refractivity contribution in [1.82, 2.24) is 0 Å². The normalized spacial score (nSPS) is 13.3. The number of nitrogens with zero attached hydrogens (tertiary/aromatic N) is 1. The molecule has 1 aliphatic carbocycles. The molecule has 0 saturated heterocycles. The lowest BCUT2D eigenvalue weighted by molar-refractivity contribution is -0.145. The number of halogens is 3. The van der Waals surface area contributed by atoms with Gasteiger partial charge in [-0.15, -0.1) is 0 Å². The van der Waals surface area contributed by atoms with Crippen LogP contribution in [0.4, 0.5) is 18.9 Å². The van der Waals surface area contributed by atoms with E-state index in [0.29, 0.717) is 18.9 Å². The minimum Gasteiger partial charge on any atom is -0.482 e. The van der Waals surface area contributed by atoms with Gasteiger partial charge < -0.3 is 14.4 Å². The van der Waals surface area contributed by atoms with Gasteiger partial charge in [-0.1, -0.05) is 49.2 Å². The largest absolute Gasteiger partial charge is 0.482 e. The zero-order chi connectivity index (χ0) is 26.4. The van der Waals surface area contributed by atoms with Gasteiger partial charge in [0.2, 0.25) is 0 Å². The van der Waals surface area contributed by atoms with E-state index in [2.05, 4.69) is 11.0 Å². The molecule has 1 saturated carbocycles. The first-order chi connectivity index (χ1) is 17.7. The molecule has 1 fully saturated rings. The summed E-state index contributed by atoms with van der Waals surface area (Å²) in [4.78, 5) is 13.9. The zero-order valence-corrected chi connectivity index (χ0v) is 21.2. The van der Waals surface area contributed by atoms with Crippen LogP contribution in [0.3, 0.4) is 0 Å². The number of carbonyl (C=O) groups is 1. The number of benzene rings is 3. The molecule has 0 N–H and O–H groups in total. The van der Waals surface area contributed by atoms with Crippen molar-refractivity contribution in [2.45, 2.75) is 45.8 Å². The van der Waals surface area contributed by atoms with Gasteiger partial charge in [0, 0.05) is 18.8 Å². The number of anilines is 1. The summed E-state index contributed by atoms with van der Waals surface area (Å²) in [5.74, 6) is 1.01. The maximum Gasteiger partial charge on any atom is 0.416 e. The van der Waals surface area contributed by atoms with E-state index < -0.39 is 17.7 Å². The second-order valence-electron chi connectivity index (χ2n) is 9.47. The zero-order valence-electron chi connectivity index (χ0n) is 21.2. The molecule has 0 aliphatic heterocycles. The Kier molecular flexibility index (Phi) is 8.41. The number of hydrogen-bond acceptors (Lipinski definition) is 4. The predicted molar refractivity (Wildman–Crippen MR) is 139 cm³/mol. The molecule has 0 aromatic heterocycles. The van der Waals surface area contributed by atoms with Gasteiger partial charge in [0.05, 0.1) is 12.2 Å². The summed E-state index contributed by atoms with van der Waals surface area (Å²) >= 11 is 0. The van der Waals surface area contributed by atoms with E-state index in [0.717, 1.165) is 59.0 Å². The summed E-state index contributed by atoms with van der Waals surface area (Å²) in [7, 11) is 0. The van der Waals surface area contributed by atoms with Crippen LogP contribution in [-0.4, -0.2) is 25.7 Å². The van der Waals surface area contributed by atoms with Crippen molar-refractivity contribution in [2.75, 3.05) is 24.7 Å². The maximum absolute atomic E-state index is 13.0. The van der Waals surface area contributed by atoms with Gasteiger partial charge >= 0.3 is 12.1 Å². The van der Waals surface area contributed by atoms with E-state index in [1.165, 1.54) is 25.0 Å². The number of alkyl halides is 3. The Morgan fingerprint density at radius 3 is 2.41 bits per heavy atom. The summed E-state index contributed by atoms with van der Waals surface area (Å²) in [6.45, 7) is 5.47. The predicted octanol–water partition coefficient (Wildman–Crippen LogP) is 7.43. The van der Waals surface area contributed by atoms with Crippen LogP contribution < -0.4 is 9.64 Å². The summed E-state index contributed by atoms with van der Waals surface area (Å²) in [5.41, 5.74) is 4.04. The van der Waals surface area contributed by atoms with E-state index in [1.807, 2.05) is 43.3 Å². The monoisotopic (exact) mass is 511 g/mol. The molecule has 1 aliphatic rings. The smallest absolute Gasteiger partial charge is 0.416 e. The summed E-state index contributed by atoms with van der Waals surface area (Å²) in [5, 5.41) is 0. The molecule has 0 unspecified atom stereocenters. The molecule has 4 nitrogen and oxygen atoms in total. The van der Waals surface area contributed by atoms with E-state index >= 15 is 0 Å². The molecule has 0 amide bonds. The van der Waals surface area contributed by atoms with Crippen LogP contribution in [0.15, 0.2) is 66.7 Å². The van der Waals surface area contributed by atoms with Gasteiger partial charge in [-0.25, -0.2) is 4.79 Å². The van der Waals surface area contributed by atoms with Gasteiger partial charge in [0.15, 0.2) is 6.61 Å². The van der Waals surface area contributed by atoms with Gasteiger partial charge in [-0.2, -0.15) is 13.2 Å². The van der Waals surface area contributed by atoms with Crippen LogP contribution >= 0.6 is 0 Å². The lowest BCUT2D eigenvalue weighted by Crippen LogP contribution is -2.24. The van der Waals surface area contributed by atoms with Crippen molar-refractivity contribution in [3.63, 3.8) is 0 Å². The highest BCUT2D eigenvalue weighted by Gasteiger charge is 2.30. The van der Waals surface area contributed by atoms with E-state index in [9.17, 15) is 18.0 Å². The lowest BCUT2D eigenvalue weighted by atomic mass is 10.0. The highest BCUT2D eigenvalue weighted by molar-refractivity contribution is 5.71. The molecule has 0 bridgehead atoms. The highest BCUT2D eigenvalue weighted by atomic mass is 19.4. The Morgan fingerprint density at radius 2 is 1.76 bits per heavy atom. The summed E-state index contributed by atoms with van der Waals surface area (Å²) in [6.07, 6.45) is -0.710. The molecule has 0 heterocycles. The van der Waals surface area contributed by atoms with Gasteiger partial charge in [-0.05, 0) is 78.8 Å². The van der Waals surface area contributed by atoms with Gasteiger partial charge in [0.1, 0.15) is 5.75 Å². The van der Waals surface area contributed by atoms with E-state index in [1.54, 1.807) is 6.92 Å². The molecule has 0 atom stereocenters. The number of rotatable bonds is 11. The molecule has 3 aromatic rings. The van der Waals surface area contributed by atoms with Crippen LogP contribution in [-0.2, 0) is 22.3 Å².